The Morgan fingerprint density at radius 2 is 1.81 bits per heavy atom. The summed E-state index contributed by atoms with van der Waals surface area (Å²) in [5.74, 6) is -0.313. The number of hydrogen-bond acceptors (Lipinski definition) is 2. The molecule has 1 aromatic carbocycles. The Morgan fingerprint density at radius 1 is 1.10 bits per heavy atom. The number of ether oxygens (including phenoxy) is 1. The van der Waals surface area contributed by atoms with Crippen LogP contribution in [0.1, 0.15) is 39.2 Å². The van der Waals surface area contributed by atoms with Crippen molar-refractivity contribution in [2.45, 2.75) is 33.6 Å². The second kappa shape index (κ2) is 9.76. The fraction of sp³-hybridized carbons (Fsp3) is 0.316. The maximum absolute atomic E-state index is 11.6. The summed E-state index contributed by atoms with van der Waals surface area (Å²) >= 11 is 0. The molecule has 0 aliphatic heterocycles. The van der Waals surface area contributed by atoms with Crippen LogP contribution in [0.4, 0.5) is 0 Å². The predicted molar refractivity (Wildman–Crippen MR) is 88.9 cm³/mol. The molecule has 0 amide bonds. The molecule has 0 aromatic heterocycles. The summed E-state index contributed by atoms with van der Waals surface area (Å²) in [7, 11) is 0. The lowest BCUT2D eigenvalue weighted by molar-refractivity contribution is -0.136. The van der Waals surface area contributed by atoms with Crippen molar-refractivity contribution in [2.24, 2.45) is 0 Å². The molecule has 2 heteroatoms. The maximum atomic E-state index is 11.6. The van der Waals surface area contributed by atoms with E-state index in [0.29, 0.717) is 6.61 Å². The van der Waals surface area contributed by atoms with Crippen LogP contribution in [0.5, 0.6) is 0 Å². The van der Waals surface area contributed by atoms with Crippen molar-refractivity contribution in [3.8, 4) is 0 Å². The van der Waals surface area contributed by atoms with Gasteiger partial charge in [-0.25, -0.2) is 4.79 Å². The molecule has 112 valence electrons. The van der Waals surface area contributed by atoms with Gasteiger partial charge in [0.1, 0.15) is 6.61 Å². The molecule has 0 saturated heterocycles. The van der Waals surface area contributed by atoms with Crippen molar-refractivity contribution >= 4 is 12.0 Å². The number of rotatable bonds is 7. The minimum Gasteiger partial charge on any atom is -0.458 e. The molecule has 0 aliphatic rings. The first-order valence-electron chi connectivity index (χ1n) is 7.27. The van der Waals surface area contributed by atoms with E-state index in [1.165, 1.54) is 17.2 Å². The van der Waals surface area contributed by atoms with Gasteiger partial charge in [0.15, 0.2) is 0 Å². The molecule has 2 nitrogen and oxygen atoms in total. The summed E-state index contributed by atoms with van der Waals surface area (Å²) in [4.78, 5) is 11.6. The normalized spacial score (nSPS) is 11.5. The van der Waals surface area contributed by atoms with E-state index in [-0.39, 0.29) is 5.97 Å². The van der Waals surface area contributed by atoms with Gasteiger partial charge >= 0.3 is 5.97 Å². The summed E-state index contributed by atoms with van der Waals surface area (Å²) in [5.41, 5.74) is 3.57. The number of carbonyl (C=O) groups is 1. The van der Waals surface area contributed by atoms with Crippen molar-refractivity contribution in [1.82, 2.24) is 0 Å². The average molecular weight is 284 g/mol. The molecular weight excluding hydrogens is 260 g/mol. The van der Waals surface area contributed by atoms with E-state index in [1.807, 2.05) is 36.4 Å². The molecule has 0 fully saturated rings. The molecule has 0 saturated carbocycles. The van der Waals surface area contributed by atoms with E-state index >= 15 is 0 Å². The quantitative estimate of drug-likeness (QED) is 0.403. The molecule has 0 aliphatic carbocycles. The SMILES string of the molecule is CC(C)=CCC/C(C)=C/COC(=O)C=Cc1ccccc1. The van der Waals surface area contributed by atoms with E-state index < -0.39 is 0 Å². The first-order valence-corrected chi connectivity index (χ1v) is 7.27. The monoisotopic (exact) mass is 284 g/mol. The van der Waals surface area contributed by atoms with Crippen LogP contribution in [-0.4, -0.2) is 12.6 Å². The lowest BCUT2D eigenvalue weighted by atomic mass is 10.1. The lowest BCUT2D eigenvalue weighted by Crippen LogP contribution is -2.00. The van der Waals surface area contributed by atoms with Crippen molar-refractivity contribution < 1.29 is 9.53 Å². The topological polar surface area (TPSA) is 26.3 Å². The molecule has 0 bridgehead atoms. The average Bonchev–Trinajstić information content (AvgIpc) is 2.46. The standard InChI is InChI=1S/C19H24O2/c1-16(2)8-7-9-17(3)14-15-21-19(20)13-12-18-10-5-4-6-11-18/h4-6,8,10-14H,7,9,15H2,1-3H3/b13-12?,17-14+. The highest BCUT2D eigenvalue weighted by molar-refractivity contribution is 5.87. The van der Waals surface area contributed by atoms with Gasteiger partial charge in [-0.15, -0.1) is 0 Å². The Kier molecular flexibility index (Phi) is 7.88. The van der Waals surface area contributed by atoms with Crippen LogP contribution in [0.3, 0.4) is 0 Å². The summed E-state index contributed by atoms with van der Waals surface area (Å²) in [5, 5.41) is 0. The third kappa shape index (κ3) is 8.64. The zero-order valence-corrected chi connectivity index (χ0v) is 13.1. The zero-order chi connectivity index (χ0) is 15.5. The molecule has 0 atom stereocenters. The van der Waals surface area contributed by atoms with Gasteiger partial charge in [-0.05, 0) is 51.3 Å². The molecule has 21 heavy (non-hydrogen) atoms. The maximum Gasteiger partial charge on any atom is 0.331 e. The Bertz CT molecular complexity index is 518. The third-order valence-corrected chi connectivity index (χ3v) is 2.96. The highest BCUT2D eigenvalue weighted by Gasteiger charge is 1.95. The molecule has 1 rings (SSSR count). The first-order chi connectivity index (χ1) is 10.1. The van der Waals surface area contributed by atoms with Gasteiger partial charge in [-0.1, -0.05) is 47.6 Å². The van der Waals surface area contributed by atoms with Gasteiger partial charge in [0.05, 0.1) is 0 Å². The molecule has 0 radical (unpaired) electrons. The van der Waals surface area contributed by atoms with Gasteiger partial charge in [0, 0.05) is 6.08 Å². The van der Waals surface area contributed by atoms with Crippen molar-refractivity contribution in [3.05, 3.63) is 65.3 Å². The molecule has 0 N–H and O–H groups in total. The minimum absolute atomic E-state index is 0.313. The fourth-order valence-electron chi connectivity index (χ4n) is 1.73. The second-order valence-electron chi connectivity index (χ2n) is 5.24. The first kappa shape index (κ1) is 17.0. The third-order valence-electron chi connectivity index (χ3n) is 2.96. The predicted octanol–water partition coefficient (Wildman–Crippen LogP) is 4.94. The van der Waals surface area contributed by atoms with Gasteiger partial charge in [-0.3, -0.25) is 0 Å². The molecule has 0 unspecified atom stereocenters. The van der Waals surface area contributed by atoms with Crippen molar-refractivity contribution in [1.29, 1.82) is 0 Å². The van der Waals surface area contributed by atoms with Gasteiger partial charge in [0.25, 0.3) is 0 Å². The highest BCUT2D eigenvalue weighted by Crippen LogP contribution is 2.06. The summed E-state index contributed by atoms with van der Waals surface area (Å²) < 4.78 is 5.14. The smallest absolute Gasteiger partial charge is 0.331 e. The van der Waals surface area contributed by atoms with Gasteiger partial charge < -0.3 is 4.74 Å². The van der Waals surface area contributed by atoms with E-state index in [0.717, 1.165) is 18.4 Å². The van der Waals surface area contributed by atoms with Crippen LogP contribution < -0.4 is 0 Å². The van der Waals surface area contributed by atoms with Gasteiger partial charge in [0.2, 0.25) is 0 Å². The van der Waals surface area contributed by atoms with Crippen molar-refractivity contribution in [3.63, 3.8) is 0 Å². The number of benzene rings is 1. The van der Waals surface area contributed by atoms with Crippen LogP contribution in [0.15, 0.2) is 59.7 Å². The highest BCUT2D eigenvalue weighted by atomic mass is 16.5. The van der Waals surface area contributed by atoms with Crippen LogP contribution >= 0.6 is 0 Å². The molecule has 0 heterocycles. The second-order valence-corrected chi connectivity index (χ2v) is 5.24. The summed E-state index contributed by atoms with van der Waals surface area (Å²) in [6, 6.07) is 9.69. The number of allylic oxidation sites excluding steroid dienone is 3. The number of esters is 1. The van der Waals surface area contributed by atoms with E-state index in [4.69, 9.17) is 4.74 Å². The number of carbonyl (C=O) groups excluding carboxylic acids is 1. The van der Waals surface area contributed by atoms with Crippen LogP contribution in [-0.2, 0) is 9.53 Å². The van der Waals surface area contributed by atoms with Crippen LogP contribution in [0, 0.1) is 0 Å². The number of hydrogen-bond donors (Lipinski definition) is 0. The lowest BCUT2D eigenvalue weighted by Gasteiger charge is -2.01. The Balaban J connectivity index is 2.29. The molecular formula is C19H24O2. The fourth-order valence-corrected chi connectivity index (χ4v) is 1.73. The van der Waals surface area contributed by atoms with Crippen molar-refractivity contribution in [2.75, 3.05) is 6.61 Å². The summed E-state index contributed by atoms with van der Waals surface area (Å²) in [6.07, 6.45) is 9.43. The zero-order valence-electron chi connectivity index (χ0n) is 13.1. The van der Waals surface area contributed by atoms with E-state index in [9.17, 15) is 4.79 Å². The van der Waals surface area contributed by atoms with Crippen LogP contribution in [0.2, 0.25) is 0 Å². The summed E-state index contributed by atoms with van der Waals surface area (Å²) in [6.45, 7) is 6.59. The van der Waals surface area contributed by atoms with Gasteiger partial charge in [-0.2, -0.15) is 0 Å². The Labute approximate surface area is 127 Å². The minimum atomic E-state index is -0.313. The Morgan fingerprint density at radius 3 is 2.48 bits per heavy atom. The molecule has 0 spiro atoms. The van der Waals surface area contributed by atoms with E-state index in [1.54, 1.807) is 6.08 Å². The Hall–Kier alpha value is -2.09. The largest absolute Gasteiger partial charge is 0.458 e. The van der Waals surface area contributed by atoms with Crippen LogP contribution in [0.25, 0.3) is 6.08 Å². The molecule has 1 aromatic rings. The van der Waals surface area contributed by atoms with E-state index in [2.05, 4.69) is 26.8 Å².